The highest BCUT2D eigenvalue weighted by Crippen LogP contribution is 2.40. The molecule has 2 aliphatic rings. The standard InChI is InChI=1S/C22H24N2O4S/c25-19(14-9-4-5-10-15(14)22(27)28)24-21-18(16-11-6-12-17(16)29-21)20(26)23-13-7-2-1-3-8-13/h1-3,7-8,14-15H,4-6,9-12H2,(H,23,26)(H,24,25)(H,27,28)/t14-,15-/m1/s1. The lowest BCUT2D eigenvalue weighted by Crippen LogP contribution is -2.36. The number of carboxylic acids is 1. The van der Waals surface area contributed by atoms with Gasteiger partial charge in [-0.05, 0) is 49.8 Å². The lowest BCUT2D eigenvalue weighted by molar-refractivity contribution is -0.147. The van der Waals surface area contributed by atoms with Crippen molar-refractivity contribution in [2.24, 2.45) is 11.8 Å². The van der Waals surface area contributed by atoms with Gasteiger partial charge in [-0.3, -0.25) is 14.4 Å². The zero-order valence-electron chi connectivity index (χ0n) is 16.1. The summed E-state index contributed by atoms with van der Waals surface area (Å²) in [5.41, 5.74) is 2.24. The number of thiophene rings is 1. The molecule has 1 aromatic heterocycles. The third-order valence-electron chi connectivity index (χ3n) is 5.84. The Morgan fingerprint density at radius 1 is 0.931 bits per heavy atom. The van der Waals surface area contributed by atoms with Crippen molar-refractivity contribution < 1.29 is 19.5 Å². The number of hydrogen-bond donors (Lipinski definition) is 3. The van der Waals surface area contributed by atoms with Crippen LogP contribution in [0.5, 0.6) is 0 Å². The minimum atomic E-state index is -0.916. The Hall–Kier alpha value is -2.67. The zero-order valence-corrected chi connectivity index (χ0v) is 16.9. The summed E-state index contributed by atoms with van der Waals surface area (Å²) in [7, 11) is 0. The van der Waals surface area contributed by atoms with E-state index in [1.807, 2.05) is 30.3 Å². The molecular weight excluding hydrogens is 388 g/mol. The van der Waals surface area contributed by atoms with Crippen LogP contribution in [0, 0.1) is 11.8 Å². The smallest absolute Gasteiger partial charge is 0.307 e. The van der Waals surface area contributed by atoms with E-state index in [1.165, 1.54) is 11.3 Å². The molecule has 2 aliphatic carbocycles. The quantitative estimate of drug-likeness (QED) is 0.682. The van der Waals surface area contributed by atoms with E-state index in [9.17, 15) is 19.5 Å². The Bertz CT molecular complexity index is 938. The molecule has 7 heteroatoms. The number of para-hydroxylation sites is 1. The van der Waals surface area contributed by atoms with Crippen molar-refractivity contribution in [1.82, 2.24) is 0 Å². The van der Waals surface area contributed by atoms with Crippen LogP contribution < -0.4 is 10.6 Å². The number of carboxylic acid groups (broad SMARTS) is 1. The fraction of sp³-hybridized carbons (Fsp3) is 0.409. The first-order valence-corrected chi connectivity index (χ1v) is 10.9. The molecule has 6 nitrogen and oxygen atoms in total. The molecule has 1 heterocycles. The molecular formula is C22H24N2O4S. The van der Waals surface area contributed by atoms with E-state index in [2.05, 4.69) is 10.6 Å². The summed E-state index contributed by atoms with van der Waals surface area (Å²) >= 11 is 1.45. The van der Waals surface area contributed by atoms with Gasteiger partial charge in [-0.1, -0.05) is 31.0 Å². The summed E-state index contributed by atoms with van der Waals surface area (Å²) in [4.78, 5) is 38.7. The van der Waals surface area contributed by atoms with E-state index in [0.717, 1.165) is 42.5 Å². The van der Waals surface area contributed by atoms with Crippen molar-refractivity contribution in [3.05, 3.63) is 46.3 Å². The molecule has 3 N–H and O–H groups in total. The van der Waals surface area contributed by atoms with Crippen molar-refractivity contribution >= 4 is 39.8 Å². The number of carbonyl (C=O) groups excluding carboxylic acids is 2. The molecule has 2 atom stereocenters. The van der Waals surface area contributed by atoms with Crippen LogP contribution >= 0.6 is 11.3 Å². The number of hydrogen-bond acceptors (Lipinski definition) is 4. The van der Waals surface area contributed by atoms with Gasteiger partial charge in [-0.25, -0.2) is 0 Å². The second-order valence-corrected chi connectivity index (χ2v) is 8.81. The van der Waals surface area contributed by atoms with Crippen LogP contribution in [0.1, 0.15) is 52.9 Å². The molecule has 29 heavy (non-hydrogen) atoms. The van der Waals surface area contributed by atoms with Gasteiger partial charge < -0.3 is 15.7 Å². The van der Waals surface area contributed by atoms with Gasteiger partial charge in [0.15, 0.2) is 0 Å². The minimum Gasteiger partial charge on any atom is -0.481 e. The molecule has 2 aromatic rings. The van der Waals surface area contributed by atoms with E-state index >= 15 is 0 Å². The van der Waals surface area contributed by atoms with Gasteiger partial charge in [0, 0.05) is 10.6 Å². The molecule has 0 saturated heterocycles. The molecule has 1 fully saturated rings. The largest absolute Gasteiger partial charge is 0.481 e. The minimum absolute atomic E-state index is 0.232. The summed E-state index contributed by atoms with van der Waals surface area (Å²) in [6.07, 6.45) is 5.51. The molecule has 0 bridgehead atoms. The summed E-state index contributed by atoms with van der Waals surface area (Å²) < 4.78 is 0. The average Bonchev–Trinajstić information content (AvgIpc) is 3.29. The van der Waals surface area contributed by atoms with Crippen LogP contribution in [0.4, 0.5) is 10.7 Å². The second kappa shape index (κ2) is 8.37. The lowest BCUT2D eigenvalue weighted by atomic mass is 9.79. The fourth-order valence-corrected chi connectivity index (χ4v) is 5.68. The highest BCUT2D eigenvalue weighted by atomic mass is 32.1. The number of aliphatic carboxylic acids is 1. The number of aryl methyl sites for hydroxylation is 1. The van der Waals surface area contributed by atoms with E-state index in [1.54, 1.807) is 0 Å². The maximum Gasteiger partial charge on any atom is 0.307 e. The third-order valence-corrected chi connectivity index (χ3v) is 7.04. The summed E-state index contributed by atoms with van der Waals surface area (Å²) in [5.74, 6) is -2.64. The van der Waals surface area contributed by atoms with Crippen molar-refractivity contribution in [3.8, 4) is 0 Å². The van der Waals surface area contributed by atoms with Gasteiger partial charge in [-0.2, -0.15) is 0 Å². The first-order valence-electron chi connectivity index (χ1n) is 10.1. The van der Waals surface area contributed by atoms with Gasteiger partial charge in [0.2, 0.25) is 5.91 Å². The monoisotopic (exact) mass is 412 g/mol. The van der Waals surface area contributed by atoms with E-state index in [0.29, 0.717) is 29.1 Å². The van der Waals surface area contributed by atoms with Gasteiger partial charge in [0.1, 0.15) is 5.00 Å². The Morgan fingerprint density at radius 2 is 1.66 bits per heavy atom. The molecule has 2 amide bonds. The zero-order chi connectivity index (χ0) is 20.4. The predicted octanol–water partition coefficient (Wildman–Crippen LogP) is 4.32. The highest BCUT2D eigenvalue weighted by molar-refractivity contribution is 7.17. The summed E-state index contributed by atoms with van der Waals surface area (Å²) in [6, 6.07) is 9.23. The lowest BCUT2D eigenvalue weighted by Gasteiger charge is -2.27. The van der Waals surface area contributed by atoms with Crippen molar-refractivity contribution in [3.63, 3.8) is 0 Å². The van der Waals surface area contributed by atoms with Crippen LogP contribution in [-0.4, -0.2) is 22.9 Å². The van der Waals surface area contributed by atoms with E-state index < -0.39 is 17.8 Å². The van der Waals surface area contributed by atoms with Crippen molar-refractivity contribution in [1.29, 1.82) is 0 Å². The first-order chi connectivity index (χ1) is 14.0. The Labute approximate surface area is 173 Å². The Kier molecular flexibility index (Phi) is 5.67. The van der Waals surface area contributed by atoms with Crippen molar-refractivity contribution in [2.45, 2.75) is 44.9 Å². The Balaban J connectivity index is 1.58. The first kappa shape index (κ1) is 19.6. The number of fused-ring (bicyclic) bond motifs is 1. The van der Waals surface area contributed by atoms with Gasteiger partial charge in [0.25, 0.3) is 5.91 Å². The molecule has 0 unspecified atom stereocenters. The topological polar surface area (TPSA) is 95.5 Å². The van der Waals surface area contributed by atoms with Gasteiger partial charge >= 0.3 is 5.97 Å². The van der Waals surface area contributed by atoms with E-state index in [4.69, 9.17) is 0 Å². The summed E-state index contributed by atoms with van der Waals surface area (Å²) in [5, 5.41) is 15.9. The van der Waals surface area contributed by atoms with Crippen LogP contribution in [0.3, 0.4) is 0 Å². The molecule has 1 saturated carbocycles. The number of carbonyl (C=O) groups is 3. The number of rotatable bonds is 5. The van der Waals surface area contributed by atoms with Crippen LogP contribution in [0.25, 0.3) is 0 Å². The van der Waals surface area contributed by atoms with Crippen molar-refractivity contribution in [2.75, 3.05) is 10.6 Å². The molecule has 0 radical (unpaired) electrons. The SMILES string of the molecule is O=C(Nc1ccccc1)c1c(NC(=O)[C@@H]2CCCC[C@H]2C(=O)O)sc2c1CCC2. The van der Waals surface area contributed by atoms with Gasteiger partial charge in [-0.15, -0.1) is 11.3 Å². The number of anilines is 2. The highest BCUT2D eigenvalue weighted by Gasteiger charge is 2.37. The summed E-state index contributed by atoms with van der Waals surface area (Å²) in [6.45, 7) is 0. The normalized spacial score (nSPS) is 20.7. The second-order valence-electron chi connectivity index (χ2n) is 7.71. The van der Waals surface area contributed by atoms with Crippen LogP contribution in [0.15, 0.2) is 30.3 Å². The van der Waals surface area contributed by atoms with Crippen LogP contribution in [-0.2, 0) is 22.4 Å². The molecule has 1 aromatic carbocycles. The maximum atomic E-state index is 13.0. The van der Waals surface area contributed by atoms with E-state index in [-0.39, 0.29) is 11.8 Å². The molecule has 152 valence electrons. The molecule has 0 spiro atoms. The number of benzene rings is 1. The third kappa shape index (κ3) is 4.05. The number of nitrogens with one attached hydrogen (secondary N) is 2. The van der Waals surface area contributed by atoms with Gasteiger partial charge in [0.05, 0.1) is 17.4 Å². The maximum absolute atomic E-state index is 13.0. The average molecular weight is 413 g/mol. The van der Waals surface area contributed by atoms with Crippen LogP contribution in [0.2, 0.25) is 0 Å². The number of amides is 2. The fourth-order valence-electron chi connectivity index (χ4n) is 4.39. The Morgan fingerprint density at radius 3 is 2.38 bits per heavy atom. The predicted molar refractivity (Wildman–Crippen MR) is 112 cm³/mol. The molecule has 0 aliphatic heterocycles. The molecule has 4 rings (SSSR count).